The minimum atomic E-state index is -3.52. The van der Waals surface area contributed by atoms with Crippen molar-refractivity contribution in [1.82, 2.24) is 9.29 Å². The predicted molar refractivity (Wildman–Crippen MR) is 134 cm³/mol. The normalized spacial score (nSPS) is 19.2. The quantitative estimate of drug-likeness (QED) is 0.498. The molecule has 2 fully saturated rings. The lowest BCUT2D eigenvalue weighted by molar-refractivity contribution is 0.0917. The molecule has 34 heavy (non-hydrogen) atoms. The Morgan fingerprint density at radius 1 is 1.12 bits per heavy atom. The molecule has 2 aliphatic heterocycles. The highest BCUT2D eigenvalue weighted by Gasteiger charge is 2.29. The molecule has 2 aromatic carbocycles. The SMILES string of the molecule is Cc1ccc2sc(N(CC3CCCO3)C(=O)c3ccc(S(=O)(=O)N4CCCC4)cc3)nc2c1C. The Kier molecular flexibility index (Phi) is 6.45. The molecule has 0 spiro atoms. The topological polar surface area (TPSA) is 79.8 Å². The molecule has 2 saturated heterocycles. The predicted octanol–water partition coefficient (Wildman–Crippen LogP) is 4.52. The van der Waals surface area contributed by atoms with Crippen molar-refractivity contribution in [3.05, 3.63) is 53.1 Å². The number of rotatable bonds is 6. The van der Waals surface area contributed by atoms with Gasteiger partial charge in [-0.3, -0.25) is 9.69 Å². The van der Waals surface area contributed by atoms with Crippen LogP contribution >= 0.6 is 11.3 Å². The smallest absolute Gasteiger partial charge is 0.260 e. The van der Waals surface area contributed by atoms with Gasteiger partial charge in [0.1, 0.15) is 0 Å². The lowest BCUT2D eigenvalue weighted by atomic mass is 10.1. The Morgan fingerprint density at radius 3 is 2.53 bits per heavy atom. The van der Waals surface area contributed by atoms with E-state index in [0.29, 0.717) is 36.9 Å². The fourth-order valence-electron chi connectivity index (χ4n) is 4.57. The van der Waals surface area contributed by atoms with Gasteiger partial charge in [0, 0.05) is 25.3 Å². The number of benzene rings is 2. The number of anilines is 1. The number of amides is 1. The molecule has 1 aromatic heterocycles. The van der Waals surface area contributed by atoms with E-state index in [0.717, 1.165) is 47.0 Å². The van der Waals surface area contributed by atoms with Crippen LogP contribution in [-0.2, 0) is 14.8 Å². The summed E-state index contributed by atoms with van der Waals surface area (Å²) in [6.45, 7) is 6.33. The maximum absolute atomic E-state index is 13.7. The second-order valence-corrected chi connectivity index (χ2v) is 12.0. The Balaban J connectivity index is 1.46. The summed E-state index contributed by atoms with van der Waals surface area (Å²) in [5.41, 5.74) is 3.62. The number of sulfonamides is 1. The van der Waals surface area contributed by atoms with Crippen molar-refractivity contribution in [2.24, 2.45) is 0 Å². The lowest BCUT2D eigenvalue weighted by Gasteiger charge is -2.23. The summed E-state index contributed by atoms with van der Waals surface area (Å²) >= 11 is 1.49. The van der Waals surface area contributed by atoms with Gasteiger partial charge in [0.15, 0.2) is 5.13 Å². The molecule has 1 atom stereocenters. The molecule has 3 heterocycles. The van der Waals surface area contributed by atoms with E-state index in [1.165, 1.54) is 27.8 Å². The van der Waals surface area contributed by atoms with Gasteiger partial charge in [-0.15, -0.1) is 0 Å². The molecule has 0 saturated carbocycles. The summed E-state index contributed by atoms with van der Waals surface area (Å²) in [5.74, 6) is -0.200. The van der Waals surface area contributed by atoms with Crippen LogP contribution in [0.15, 0.2) is 41.3 Å². The van der Waals surface area contributed by atoms with E-state index < -0.39 is 10.0 Å². The Labute approximate surface area is 204 Å². The molecule has 2 aliphatic rings. The van der Waals surface area contributed by atoms with Gasteiger partial charge >= 0.3 is 0 Å². The number of nitrogens with zero attached hydrogens (tertiary/aromatic N) is 3. The van der Waals surface area contributed by atoms with E-state index in [9.17, 15) is 13.2 Å². The molecule has 0 aliphatic carbocycles. The molecular weight excluding hydrogens is 470 g/mol. The van der Waals surface area contributed by atoms with Gasteiger partial charge < -0.3 is 4.74 Å². The zero-order chi connectivity index (χ0) is 23.9. The van der Waals surface area contributed by atoms with Crippen LogP contribution in [0, 0.1) is 13.8 Å². The van der Waals surface area contributed by atoms with Crippen molar-refractivity contribution >= 4 is 42.6 Å². The van der Waals surface area contributed by atoms with E-state index in [1.807, 2.05) is 13.0 Å². The first-order valence-corrected chi connectivity index (χ1v) is 14.0. The van der Waals surface area contributed by atoms with Gasteiger partial charge in [-0.2, -0.15) is 4.31 Å². The molecule has 5 rings (SSSR count). The van der Waals surface area contributed by atoms with Crippen LogP contribution in [0.3, 0.4) is 0 Å². The summed E-state index contributed by atoms with van der Waals surface area (Å²) in [7, 11) is -3.52. The first kappa shape index (κ1) is 23.4. The average molecular weight is 500 g/mol. The molecule has 0 N–H and O–H groups in total. The number of aromatic nitrogens is 1. The molecule has 0 radical (unpaired) electrons. The minimum Gasteiger partial charge on any atom is -0.376 e. The number of carbonyl (C=O) groups is 1. The molecule has 9 heteroatoms. The maximum Gasteiger partial charge on any atom is 0.260 e. The monoisotopic (exact) mass is 499 g/mol. The molecule has 7 nitrogen and oxygen atoms in total. The van der Waals surface area contributed by atoms with E-state index in [-0.39, 0.29) is 16.9 Å². The van der Waals surface area contributed by atoms with E-state index in [2.05, 4.69) is 13.0 Å². The van der Waals surface area contributed by atoms with Crippen LogP contribution < -0.4 is 4.90 Å². The summed E-state index contributed by atoms with van der Waals surface area (Å²) in [5, 5.41) is 0.637. The number of aryl methyl sites for hydroxylation is 2. The summed E-state index contributed by atoms with van der Waals surface area (Å²) in [4.78, 5) is 20.4. The minimum absolute atomic E-state index is 0.0337. The summed E-state index contributed by atoms with van der Waals surface area (Å²) in [6.07, 6.45) is 3.62. The van der Waals surface area contributed by atoms with Gasteiger partial charge in [-0.25, -0.2) is 13.4 Å². The molecule has 1 amide bonds. The van der Waals surface area contributed by atoms with Crippen LogP contribution in [0.4, 0.5) is 5.13 Å². The molecule has 180 valence electrons. The zero-order valence-electron chi connectivity index (χ0n) is 19.5. The molecule has 3 aromatic rings. The Hall–Kier alpha value is -2.33. The van der Waals surface area contributed by atoms with Crippen molar-refractivity contribution in [3.63, 3.8) is 0 Å². The van der Waals surface area contributed by atoms with Crippen LogP contribution in [0.25, 0.3) is 10.2 Å². The highest BCUT2D eigenvalue weighted by molar-refractivity contribution is 7.89. The van der Waals surface area contributed by atoms with Crippen molar-refractivity contribution in [1.29, 1.82) is 0 Å². The first-order valence-electron chi connectivity index (χ1n) is 11.7. The van der Waals surface area contributed by atoms with Gasteiger partial charge in [-0.1, -0.05) is 17.4 Å². The number of thiazole rings is 1. The Bertz CT molecular complexity index is 1310. The standard InChI is InChI=1S/C25H29N3O4S2/c1-17-7-12-22-23(18(17)2)26-25(33-22)28(16-20-6-5-15-32-20)24(29)19-8-10-21(11-9-19)34(30,31)27-13-3-4-14-27/h7-12,20H,3-6,13-16H2,1-2H3. The van der Waals surface area contributed by atoms with Gasteiger partial charge in [-0.05, 0) is 81.0 Å². The third-order valence-corrected chi connectivity index (χ3v) is 9.72. The number of ether oxygens (including phenoxy) is 1. The highest BCUT2D eigenvalue weighted by Crippen LogP contribution is 2.33. The van der Waals surface area contributed by atoms with Gasteiger partial charge in [0.2, 0.25) is 10.0 Å². The summed E-state index contributed by atoms with van der Waals surface area (Å²) < 4.78 is 34.1. The summed E-state index contributed by atoms with van der Waals surface area (Å²) in [6, 6.07) is 10.4. The fourth-order valence-corrected chi connectivity index (χ4v) is 7.12. The highest BCUT2D eigenvalue weighted by atomic mass is 32.2. The molecule has 0 bridgehead atoms. The van der Waals surface area contributed by atoms with Crippen molar-refractivity contribution in [3.8, 4) is 0 Å². The second kappa shape index (κ2) is 9.37. The number of carbonyl (C=O) groups excluding carboxylic acids is 1. The third-order valence-electron chi connectivity index (χ3n) is 6.76. The zero-order valence-corrected chi connectivity index (χ0v) is 21.1. The van der Waals surface area contributed by atoms with Crippen LogP contribution in [0.5, 0.6) is 0 Å². The second-order valence-electron chi connectivity index (χ2n) is 9.04. The third kappa shape index (κ3) is 4.37. The number of fused-ring (bicyclic) bond motifs is 1. The van der Waals surface area contributed by atoms with Crippen LogP contribution in [-0.4, -0.2) is 56.0 Å². The van der Waals surface area contributed by atoms with E-state index in [1.54, 1.807) is 17.0 Å². The fraction of sp³-hybridized carbons (Fsp3) is 0.440. The van der Waals surface area contributed by atoms with Gasteiger partial charge in [0.25, 0.3) is 5.91 Å². The van der Waals surface area contributed by atoms with Crippen molar-refractivity contribution < 1.29 is 17.9 Å². The molecular formula is C25H29N3O4S2. The first-order chi connectivity index (χ1) is 16.3. The van der Waals surface area contributed by atoms with Gasteiger partial charge in [0.05, 0.1) is 27.8 Å². The van der Waals surface area contributed by atoms with Crippen LogP contribution in [0.1, 0.15) is 47.2 Å². The van der Waals surface area contributed by atoms with Crippen molar-refractivity contribution in [2.75, 3.05) is 31.1 Å². The van der Waals surface area contributed by atoms with Crippen molar-refractivity contribution in [2.45, 2.75) is 50.5 Å². The molecule has 1 unspecified atom stereocenters. The van der Waals surface area contributed by atoms with E-state index in [4.69, 9.17) is 9.72 Å². The lowest BCUT2D eigenvalue weighted by Crippen LogP contribution is -2.37. The number of hydrogen-bond donors (Lipinski definition) is 0. The average Bonchev–Trinajstić information content (AvgIpc) is 3.61. The van der Waals surface area contributed by atoms with E-state index >= 15 is 0 Å². The van der Waals surface area contributed by atoms with Crippen LogP contribution in [0.2, 0.25) is 0 Å². The largest absolute Gasteiger partial charge is 0.376 e. The number of hydrogen-bond acceptors (Lipinski definition) is 6. The maximum atomic E-state index is 13.7. The Morgan fingerprint density at radius 2 is 1.85 bits per heavy atom.